The largest absolute Gasteiger partial charge is 0.317 e. The topological polar surface area (TPSA) is 33.1 Å². The third-order valence-electron chi connectivity index (χ3n) is 6.50. The highest BCUT2D eigenvalue weighted by Crippen LogP contribution is 2.40. The summed E-state index contributed by atoms with van der Waals surface area (Å²) in [4.78, 5) is 2.70. The van der Waals surface area contributed by atoms with Gasteiger partial charge >= 0.3 is 0 Å². The highest BCUT2D eigenvalue weighted by molar-refractivity contribution is 5.22. The lowest BCUT2D eigenvalue weighted by Crippen LogP contribution is -2.38. The van der Waals surface area contributed by atoms with Gasteiger partial charge in [-0.15, -0.1) is 0 Å². The van der Waals surface area contributed by atoms with Gasteiger partial charge in [0.25, 0.3) is 0 Å². The quantitative estimate of drug-likeness (QED) is 0.930. The fourth-order valence-electron chi connectivity index (χ4n) is 5.17. The van der Waals surface area contributed by atoms with Gasteiger partial charge in [0.05, 0.1) is 5.69 Å². The molecule has 4 nitrogen and oxygen atoms in total. The van der Waals surface area contributed by atoms with Gasteiger partial charge in [0.2, 0.25) is 0 Å². The Bertz CT molecular complexity index is 523. The number of nitrogens with zero attached hydrogens (tertiary/aromatic N) is 3. The minimum absolute atomic E-state index is 0.610. The lowest BCUT2D eigenvalue weighted by atomic mass is 9.78. The average Bonchev–Trinajstić information content (AvgIpc) is 3.13. The highest BCUT2D eigenvalue weighted by atomic mass is 15.3. The molecule has 3 aliphatic rings. The van der Waals surface area contributed by atoms with Crippen LogP contribution in [0.2, 0.25) is 0 Å². The zero-order valence-corrected chi connectivity index (χ0v) is 14.7. The maximum atomic E-state index is 4.86. The lowest BCUT2D eigenvalue weighted by molar-refractivity contribution is 0.193. The second kappa shape index (κ2) is 6.56. The minimum Gasteiger partial charge on any atom is -0.317 e. The number of piperidine rings is 1. The zero-order chi connectivity index (χ0) is 15.7. The molecule has 1 aromatic heterocycles. The summed E-state index contributed by atoms with van der Waals surface area (Å²) in [6.45, 7) is 6.13. The molecule has 4 heteroatoms. The number of hydrogen-bond donors (Lipinski definition) is 1. The third kappa shape index (κ3) is 3.34. The van der Waals surface area contributed by atoms with Gasteiger partial charge in [-0.05, 0) is 57.2 Å². The van der Waals surface area contributed by atoms with Crippen molar-refractivity contribution in [3.05, 3.63) is 17.5 Å². The number of aromatic nitrogens is 2. The molecular weight excluding hydrogens is 284 g/mol. The van der Waals surface area contributed by atoms with E-state index in [4.69, 9.17) is 5.10 Å². The van der Waals surface area contributed by atoms with E-state index in [1.807, 2.05) is 0 Å². The van der Waals surface area contributed by atoms with E-state index in [-0.39, 0.29) is 0 Å². The molecule has 0 aromatic carbocycles. The van der Waals surface area contributed by atoms with Crippen molar-refractivity contribution in [3.8, 4) is 0 Å². The van der Waals surface area contributed by atoms with Crippen molar-refractivity contribution in [2.75, 3.05) is 26.2 Å². The van der Waals surface area contributed by atoms with Crippen molar-refractivity contribution in [1.29, 1.82) is 0 Å². The summed E-state index contributed by atoms with van der Waals surface area (Å²) in [5.41, 5.74) is 3.53. The number of likely N-dealkylation sites (tertiary alicyclic amines) is 1. The van der Waals surface area contributed by atoms with Crippen LogP contribution >= 0.6 is 0 Å². The Hall–Kier alpha value is -0.870. The maximum Gasteiger partial charge on any atom is 0.0700 e. The number of rotatable bonds is 3. The molecule has 128 valence electrons. The molecule has 0 unspecified atom stereocenters. The van der Waals surface area contributed by atoms with Crippen LogP contribution in [0.25, 0.3) is 0 Å². The molecule has 0 atom stereocenters. The predicted octanol–water partition coefficient (Wildman–Crippen LogP) is 3.04. The Labute approximate surface area is 140 Å². The van der Waals surface area contributed by atoms with E-state index in [2.05, 4.69) is 28.1 Å². The number of hydrogen-bond acceptors (Lipinski definition) is 3. The fourth-order valence-corrected chi connectivity index (χ4v) is 5.17. The Morgan fingerprint density at radius 2 is 1.96 bits per heavy atom. The summed E-state index contributed by atoms with van der Waals surface area (Å²) in [6, 6.07) is 0. The summed E-state index contributed by atoms with van der Waals surface area (Å²) < 4.78 is 2.05. The van der Waals surface area contributed by atoms with Gasteiger partial charge in [0.1, 0.15) is 0 Å². The van der Waals surface area contributed by atoms with Crippen LogP contribution in [0, 0.1) is 5.41 Å². The Kier molecular flexibility index (Phi) is 4.46. The SMILES string of the molecule is Cn1cc(CN2CCC3(CCNCC3)C2)c(C2CCCCC2)n1. The molecule has 1 saturated carbocycles. The minimum atomic E-state index is 0.610. The molecule has 3 fully saturated rings. The van der Waals surface area contributed by atoms with Crippen LogP contribution in [0.1, 0.15) is 68.5 Å². The van der Waals surface area contributed by atoms with Crippen LogP contribution in [0.5, 0.6) is 0 Å². The van der Waals surface area contributed by atoms with E-state index < -0.39 is 0 Å². The van der Waals surface area contributed by atoms with Crippen LogP contribution in [0.4, 0.5) is 0 Å². The summed E-state index contributed by atoms with van der Waals surface area (Å²) in [5, 5.41) is 8.38. The van der Waals surface area contributed by atoms with E-state index in [1.54, 1.807) is 0 Å². The monoisotopic (exact) mass is 316 g/mol. The zero-order valence-electron chi connectivity index (χ0n) is 14.7. The van der Waals surface area contributed by atoms with Crippen molar-refractivity contribution in [2.24, 2.45) is 12.5 Å². The van der Waals surface area contributed by atoms with Crippen molar-refractivity contribution >= 4 is 0 Å². The summed E-state index contributed by atoms with van der Waals surface area (Å²) in [5.74, 6) is 0.718. The van der Waals surface area contributed by atoms with E-state index in [0.29, 0.717) is 5.41 Å². The molecule has 1 spiro atoms. The molecule has 4 rings (SSSR count). The van der Waals surface area contributed by atoms with Gasteiger partial charge in [-0.2, -0.15) is 5.10 Å². The highest BCUT2D eigenvalue weighted by Gasteiger charge is 2.39. The van der Waals surface area contributed by atoms with Crippen LogP contribution in [0.15, 0.2) is 6.20 Å². The molecule has 0 bridgehead atoms. The van der Waals surface area contributed by atoms with E-state index in [1.165, 1.54) is 88.8 Å². The molecule has 0 amide bonds. The molecule has 2 saturated heterocycles. The van der Waals surface area contributed by atoms with Gasteiger partial charge in [0.15, 0.2) is 0 Å². The first kappa shape index (κ1) is 15.6. The van der Waals surface area contributed by atoms with Gasteiger partial charge < -0.3 is 5.32 Å². The van der Waals surface area contributed by atoms with Crippen molar-refractivity contribution in [2.45, 2.75) is 63.8 Å². The second-order valence-electron chi connectivity index (χ2n) is 8.26. The number of nitrogens with one attached hydrogen (secondary N) is 1. The van der Waals surface area contributed by atoms with E-state index in [0.717, 1.165) is 12.5 Å². The molecule has 1 aliphatic carbocycles. The molecular formula is C19H32N4. The number of aryl methyl sites for hydroxylation is 1. The third-order valence-corrected chi connectivity index (χ3v) is 6.50. The smallest absolute Gasteiger partial charge is 0.0700 e. The van der Waals surface area contributed by atoms with E-state index in [9.17, 15) is 0 Å². The van der Waals surface area contributed by atoms with Crippen molar-refractivity contribution < 1.29 is 0 Å². The maximum absolute atomic E-state index is 4.86. The lowest BCUT2D eigenvalue weighted by Gasteiger charge is -2.34. The molecule has 2 aliphatic heterocycles. The molecule has 1 N–H and O–H groups in total. The first-order valence-corrected chi connectivity index (χ1v) is 9.70. The molecule has 0 radical (unpaired) electrons. The average molecular weight is 316 g/mol. The Balaban J connectivity index is 1.44. The predicted molar refractivity (Wildman–Crippen MR) is 93.5 cm³/mol. The normalized spacial score (nSPS) is 26.1. The molecule has 3 heterocycles. The van der Waals surface area contributed by atoms with Crippen LogP contribution < -0.4 is 5.32 Å². The summed E-state index contributed by atoms with van der Waals surface area (Å²) in [7, 11) is 2.09. The van der Waals surface area contributed by atoms with Crippen molar-refractivity contribution in [1.82, 2.24) is 20.0 Å². The van der Waals surface area contributed by atoms with Crippen molar-refractivity contribution in [3.63, 3.8) is 0 Å². The fraction of sp³-hybridized carbons (Fsp3) is 0.842. The summed E-state index contributed by atoms with van der Waals surface area (Å²) >= 11 is 0. The van der Waals surface area contributed by atoms with Crippen LogP contribution in [-0.4, -0.2) is 40.9 Å². The standard InChI is InChI=1S/C19H32N4/c1-22-13-17(18(21-22)16-5-3-2-4-6-16)14-23-12-9-19(15-23)7-10-20-11-8-19/h13,16,20H,2-12,14-15H2,1H3. The molecule has 1 aromatic rings. The Morgan fingerprint density at radius 3 is 2.74 bits per heavy atom. The van der Waals surface area contributed by atoms with E-state index >= 15 is 0 Å². The van der Waals surface area contributed by atoms with Gasteiger partial charge in [-0.3, -0.25) is 9.58 Å². The van der Waals surface area contributed by atoms with Gasteiger partial charge in [0, 0.05) is 37.8 Å². The summed E-state index contributed by atoms with van der Waals surface area (Å²) in [6.07, 6.45) is 13.3. The van der Waals surface area contributed by atoms with Gasteiger partial charge in [-0.1, -0.05) is 19.3 Å². The Morgan fingerprint density at radius 1 is 1.17 bits per heavy atom. The van der Waals surface area contributed by atoms with Gasteiger partial charge in [-0.25, -0.2) is 0 Å². The van der Waals surface area contributed by atoms with Crippen LogP contribution in [0.3, 0.4) is 0 Å². The first-order chi connectivity index (χ1) is 11.2. The first-order valence-electron chi connectivity index (χ1n) is 9.70. The molecule has 23 heavy (non-hydrogen) atoms. The second-order valence-corrected chi connectivity index (χ2v) is 8.26. The van der Waals surface area contributed by atoms with Crippen LogP contribution in [-0.2, 0) is 13.6 Å².